The number of benzene rings is 2. The average molecular weight is 384 g/mol. The molecule has 1 atom stereocenters. The van der Waals surface area contributed by atoms with E-state index in [4.69, 9.17) is 10.6 Å². The second-order valence-electron chi connectivity index (χ2n) is 7.40. The summed E-state index contributed by atoms with van der Waals surface area (Å²) in [5, 5.41) is 0. The van der Waals surface area contributed by atoms with Gasteiger partial charge in [-0.2, -0.15) is 0 Å². The number of piperazine rings is 1. The number of nitrogens with two attached hydrogens (primary N) is 1. The maximum Gasteiger partial charge on any atom is 0.265 e. The van der Waals surface area contributed by atoms with Crippen molar-refractivity contribution in [3.05, 3.63) is 71.0 Å². The van der Waals surface area contributed by atoms with Crippen molar-refractivity contribution >= 4 is 5.91 Å². The van der Waals surface area contributed by atoms with Crippen LogP contribution in [-0.4, -0.2) is 54.6 Å². The molecule has 0 radical (unpaired) electrons. The SMILES string of the molecule is NNC(=O)c1ccc(CN2CCN(C3COC3)CC2c2cccc(F)c2)cc1. The number of carbonyl (C=O) groups excluding carboxylic acids is 1. The smallest absolute Gasteiger partial charge is 0.265 e. The second-order valence-corrected chi connectivity index (χ2v) is 7.40. The third kappa shape index (κ3) is 4.07. The van der Waals surface area contributed by atoms with Gasteiger partial charge < -0.3 is 4.74 Å². The van der Waals surface area contributed by atoms with Gasteiger partial charge in [-0.1, -0.05) is 24.3 Å². The standard InChI is InChI=1S/C21H25FN4O2/c22-18-3-1-2-17(10-18)20-12-25(19-13-28-14-19)8-9-26(20)11-15-4-6-16(7-5-15)21(27)24-23/h1-7,10,19-20H,8-9,11-14,23H2,(H,24,27). The van der Waals surface area contributed by atoms with Crippen LogP contribution in [0.3, 0.4) is 0 Å². The van der Waals surface area contributed by atoms with E-state index < -0.39 is 0 Å². The first-order chi connectivity index (χ1) is 13.6. The molecule has 2 heterocycles. The van der Waals surface area contributed by atoms with Gasteiger partial charge in [0.1, 0.15) is 5.82 Å². The molecule has 2 saturated heterocycles. The van der Waals surface area contributed by atoms with Crippen LogP contribution in [0.25, 0.3) is 0 Å². The molecule has 3 N–H and O–H groups in total. The second kappa shape index (κ2) is 8.36. The Balaban J connectivity index is 1.52. The summed E-state index contributed by atoms with van der Waals surface area (Å²) < 4.78 is 19.2. The van der Waals surface area contributed by atoms with Crippen molar-refractivity contribution in [3.8, 4) is 0 Å². The molecule has 4 rings (SSSR count). The zero-order valence-electron chi connectivity index (χ0n) is 15.7. The average Bonchev–Trinajstić information content (AvgIpc) is 2.68. The van der Waals surface area contributed by atoms with E-state index in [1.807, 2.05) is 18.2 Å². The van der Waals surface area contributed by atoms with Gasteiger partial charge in [0.05, 0.1) is 19.3 Å². The van der Waals surface area contributed by atoms with Crippen LogP contribution in [0, 0.1) is 5.82 Å². The zero-order valence-corrected chi connectivity index (χ0v) is 15.7. The van der Waals surface area contributed by atoms with Gasteiger partial charge in [-0.15, -0.1) is 0 Å². The number of hydrazine groups is 1. The molecule has 2 fully saturated rings. The Kier molecular flexibility index (Phi) is 5.68. The maximum atomic E-state index is 13.9. The fourth-order valence-corrected chi connectivity index (χ4v) is 3.91. The number of nitrogens with one attached hydrogen (secondary N) is 1. The molecule has 2 aromatic rings. The van der Waals surface area contributed by atoms with Crippen LogP contribution in [0.2, 0.25) is 0 Å². The van der Waals surface area contributed by atoms with Crippen molar-refractivity contribution in [1.82, 2.24) is 15.2 Å². The van der Waals surface area contributed by atoms with Crippen molar-refractivity contribution in [2.75, 3.05) is 32.8 Å². The summed E-state index contributed by atoms with van der Waals surface area (Å²) >= 11 is 0. The molecule has 0 aromatic heterocycles. The molecule has 0 saturated carbocycles. The van der Waals surface area contributed by atoms with E-state index in [2.05, 4.69) is 15.2 Å². The van der Waals surface area contributed by atoms with E-state index >= 15 is 0 Å². The number of hydrogen-bond acceptors (Lipinski definition) is 5. The minimum absolute atomic E-state index is 0.108. The molecule has 7 heteroatoms. The summed E-state index contributed by atoms with van der Waals surface area (Å²) in [4.78, 5) is 16.4. The number of halogens is 1. The molecule has 2 aliphatic rings. The Labute approximate surface area is 164 Å². The zero-order chi connectivity index (χ0) is 19.5. The highest BCUT2D eigenvalue weighted by atomic mass is 19.1. The van der Waals surface area contributed by atoms with Gasteiger partial charge >= 0.3 is 0 Å². The van der Waals surface area contributed by atoms with Crippen LogP contribution in [0.5, 0.6) is 0 Å². The number of hydrogen-bond donors (Lipinski definition) is 2. The minimum Gasteiger partial charge on any atom is -0.378 e. The highest BCUT2D eigenvalue weighted by Gasteiger charge is 2.34. The first-order valence-corrected chi connectivity index (χ1v) is 9.55. The molecule has 1 unspecified atom stereocenters. The maximum absolute atomic E-state index is 13.9. The molecule has 1 amide bonds. The Morgan fingerprint density at radius 3 is 2.61 bits per heavy atom. The highest BCUT2D eigenvalue weighted by Crippen LogP contribution is 2.29. The summed E-state index contributed by atoms with van der Waals surface area (Å²) in [6.07, 6.45) is 0. The predicted molar refractivity (Wildman–Crippen MR) is 104 cm³/mol. The summed E-state index contributed by atoms with van der Waals surface area (Å²) in [5.41, 5.74) is 4.77. The van der Waals surface area contributed by atoms with Crippen LogP contribution < -0.4 is 11.3 Å². The van der Waals surface area contributed by atoms with E-state index in [0.717, 1.165) is 50.5 Å². The first kappa shape index (κ1) is 19.0. The molecule has 2 aliphatic heterocycles. The lowest BCUT2D eigenvalue weighted by Crippen LogP contribution is -2.57. The molecule has 0 spiro atoms. The van der Waals surface area contributed by atoms with Gasteiger partial charge in [0.2, 0.25) is 0 Å². The summed E-state index contributed by atoms with van der Waals surface area (Å²) in [5.74, 6) is 4.67. The first-order valence-electron chi connectivity index (χ1n) is 9.55. The Morgan fingerprint density at radius 2 is 1.96 bits per heavy atom. The molecule has 6 nitrogen and oxygen atoms in total. The van der Waals surface area contributed by atoms with E-state index in [0.29, 0.717) is 11.6 Å². The van der Waals surface area contributed by atoms with Crippen molar-refractivity contribution < 1.29 is 13.9 Å². The molecular weight excluding hydrogens is 359 g/mol. The van der Waals surface area contributed by atoms with Gasteiger partial charge in [0, 0.05) is 37.8 Å². The third-order valence-electron chi connectivity index (χ3n) is 5.63. The largest absolute Gasteiger partial charge is 0.378 e. The van der Waals surface area contributed by atoms with E-state index in [1.54, 1.807) is 24.3 Å². The normalized spacial score (nSPS) is 21.3. The highest BCUT2D eigenvalue weighted by molar-refractivity contribution is 5.93. The number of nitrogen functional groups attached to an aromatic ring is 1. The fourth-order valence-electron chi connectivity index (χ4n) is 3.91. The van der Waals surface area contributed by atoms with Gasteiger partial charge in [-0.25, -0.2) is 10.2 Å². The van der Waals surface area contributed by atoms with Crippen molar-refractivity contribution in [1.29, 1.82) is 0 Å². The van der Waals surface area contributed by atoms with E-state index in [9.17, 15) is 9.18 Å². The molecular formula is C21H25FN4O2. The van der Waals surface area contributed by atoms with Crippen LogP contribution >= 0.6 is 0 Å². The van der Waals surface area contributed by atoms with Gasteiger partial charge in [-0.3, -0.25) is 20.0 Å². The minimum atomic E-state index is -0.305. The van der Waals surface area contributed by atoms with Crippen LogP contribution in [-0.2, 0) is 11.3 Å². The van der Waals surface area contributed by atoms with Crippen LogP contribution in [0.15, 0.2) is 48.5 Å². The Hall–Kier alpha value is -2.32. The van der Waals surface area contributed by atoms with Crippen LogP contribution in [0.1, 0.15) is 27.5 Å². The van der Waals surface area contributed by atoms with Gasteiger partial charge in [0.15, 0.2) is 0 Å². The summed E-state index contributed by atoms with van der Waals surface area (Å²) in [6, 6.07) is 14.9. The number of amides is 1. The number of nitrogens with zero attached hydrogens (tertiary/aromatic N) is 2. The molecule has 148 valence electrons. The van der Waals surface area contributed by atoms with Gasteiger partial charge in [-0.05, 0) is 35.4 Å². The summed E-state index contributed by atoms with van der Waals surface area (Å²) in [7, 11) is 0. The summed E-state index contributed by atoms with van der Waals surface area (Å²) in [6.45, 7) is 5.00. The molecule has 28 heavy (non-hydrogen) atoms. The lowest BCUT2D eigenvalue weighted by Gasteiger charge is -2.47. The van der Waals surface area contributed by atoms with Crippen molar-refractivity contribution in [2.24, 2.45) is 5.84 Å². The lowest BCUT2D eigenvalue weighted by molar-refractivity contribution is -0.0877. The topological polar surface area (TPSA) is 70.8 Å². The molecule has 0 aliphatic carbocycles. The Bertz CT molecular complexity index is 825. The predicted octanol–water partition coefficient (Wildman–Crippen LogP) is 1.69. The Morgan fingerprint density at radius 1 is 1.18 bits per heavy atom. The van der Waals surface area contributed by atoms with Crippen molar-refractivity contribution in [3.63, 3.8) is 0 Å². The molecule has 2 aromatic carbocycles. The third-order valence-corrected chi connectivity index (χ3v) is 5.63. The monoisotopic (exact) mass is 384 g/mol. The van der Waals surface area contributed by atoms with Gasteiger partial charge in [0.25, 0.3) is 5.91 Å². The number of carbonyl (C=O) groups is 1. The van der Waals surface area contributed by atoms with E-state index in [1.165, 1.54) is 6.07 Å². The molecule has 0 bridgehead atoms. The number of ether oxygens (including phenoxy) is 1. The van der Waals surface area contributed by atoms with Crippen molar-refractivity contribution in [2.45, 2.75) is 18.6 Å². The fraction of sp³-hybridized carbons (Fsp3) is 0.381. The number of rotatable bonds is 5. The lowest BCUT2D eigenvalue weighted by atomic mass is 9.99. The quantitative estimate of drug-likeness (QED) is 0.466. The van der Waals surface area contributed by atoms with Crippen LogP contribution in [0.4, 0.5) is 4.39 Å². The van der Waals surface area contributed by atoms with E-state index in [-0.39, 0.29) is 17.8 Å².